The van der Waals surface area contributed by atoms with Crippen molar-refractivity contribution in [2.75, 3.05) is 19.7 Å². The molecule has 0 bridgehead atoms. The van der Waals surface area contributed by atoms with Crippen molar-refractivity contribution in [3.05, 3.63) is 28.8 Å². The van der Waals surface area contributed by atoms with Gasteiger partial charge < -0.3 is 19.5 Å². The van der Waals surface area contributed by atoms with Gasteiger partial charge >= 0.3 is 5.97 Å². The highest BCUT2D eigenvalue weighted by Crippen LogP contribution is 2.32. The molecule has 22 heavy (non-hydrogen) atoms. The highest BCUT2D eigenvalue weighted by molar-refractivity contribution is 5.84. The van der Waals surface area contributed by atoms with Gasteiger partial charge in [0.25, 0.3) is 5.91 Å². The summed E-state index contributed by atoms with van der Waals surface area (Å²) in [6.45, 7) is 4.75. The Morgan fingerprint density at radius 1 is 1.23 bits per heavy atom. The van der Waals surface area contributed by atoms with Crippen molar-refractivity contribution >= 4 is 11.9 Å². The zero-order chi connectivity index (χ0) is 15.9. The molecule has 2 heterocycles. The molecule has 1 aromatic carbocycles. The number of carboxylic acid groups (broad SMARTS) is 1. The number of nitrogens with zero attached hydrogens (tertiary/aromatic N) is 1. The first-order valence-corrected chi connectivity index (χ1v) is 7.35. The SMILES string of the molecule is Cc1cc2c(cc1C)OC(C(=O)N1CCOC(C(=O)O)C1)C2. The zero-order valence-electron chi connectivity index (χ0n) is 12.7. The van der Waals surface area contributed by atoms with E-state index in [0.717, 1.165) is 16.9 Å². The largest absolute Gasteiger partial charge is 0.480 e. The number of morpholine rings is 1. The average molecular weight is 305 g/mol. The van der Waals surface area contributed by atoms with E-state index >= 15 is 0 Å². The van der Waals surface area contributed by atoms with E-state index in [0.29, 0.717) is 13.0 Å². The van der Waals surface area contributed by atoms with Crippen LogP contribution >= 0.6 is 0 Å². The van der Waals surface area contributed by atoms with Crippen molar-refractivity contribution in [1.29, 1.82) is 0 Å². The number of benzene rings is 1. The summed E-state index contributed by atoms with van der Waals surface area (Å²) in [6.07, 6.45) is -0.987. The lowest BCUT2D eigenvalue weighted by Crippen LogP contribution is -2.52. The van der Waals surface area contributed by atoms with Crippen molar-refractivity contribution in [2.45, 2.75) is 32.5 Å². The fourth-order valence-electron chi connectivity index (χ4n) is 2.85. The fraction of sp³-hybridized carbons (Fsp3) is 0.500. The summed E-state index contributed by atoms with van der Waals surface area (Å²) in [4.78, 5) is 25.1. The first-order valence-electron chi connectivity index (χ1n) is 7.35. The molecule has 0 saturated carbocycles. The van der Waals surface area contributed by atoms with E-state index < -0.39 is 18.2 Å². The maximum absolute atomic E-state index is 12.6. The number of carboxylic acids is 1. The van der Waals surface area contributed by atoms with E-state index in [4.69, 9.17) is 14.6 Å². The van der Waals surface area contributed by atoms with Crippen LogP contribution in [0, 0.1) is 13.8 Å². The van der Waals surface area contributed by atoms with Crippen LogP contribution in [0.15, 0.2) is 12.1 Å². The number of rotatable bonds is 2. The van der Waals surface area contributed by atoms with E-state index in [1.165, 1.54) is 10.5 Å². The van der Waals surface area contributed by atoms with Crippen molar-refractivity contribution < 1.29 is 24.2 Å². The Kier molecular flexibility index (Phi) is 3.78. The summed E-state index contributed by atoms with van der Waals surface area (Å²) in [5.74, 6) is -0.454. The Hall–Kier alpha value is -2.08. The monoisotopic (exact) mass is 305 g/mol. The smallest absolute Gasteiger partial charge is 0.334 e. The highest BCUT2D eigenvalue weighted by atomic mass is 16.5. The third-order valence-corrected chi connectivity index (χ3v) is 4.28. The van der Waals surface area contributed by atoms with E-state index in [-0.39, 0.29) is 19.1 Å². The van der Waals surface area contributed by atoms with Gasteiger partial charge in [-0.2, -0.15) is 0 Å². The van der Waals surface area contributed by atoms with Gasteiger partial charge in [-0.1, -0.05) is 6.07 Å². The predicted octanol–water partition coefficient (Wildman–Crippen LogP) is 0.919. The lowest BCUT2D eigenvalue weighted by molar-refractivity contribution is -0.161. The molecule has 2 unspecified atom stereocenters. The van der Waals surface area contributed by atoms with Crippen LogP contribution in [-0.2, 0) is 20.7 Å². The van der Waals surface area contributed by atoms with Crippen LogP contribution in [0.1, 0.15) is 16.7 Å². The molecule has 1 aromatic rings. The Balaban J connectivity index is 1.71. The third-order valence-electron chi connectivity index (χ3n) is 4.28. The van der Waals surface area contributed by atoms with Gasteiger partial charge in [0, 0.05) is 13.0 Å². The molecular formula is C16H19NO5. The summed E-state index contributed by atoms with van der Waals surface area (Å²) in [5, 5.41) is 9.01. The lowest BCUT2D eigenvalue weighted by atomic mass is 10.0. The zero-order valence-corrected chi connectivity index (χ0v) is 12.7. The lowest BCUT2D eigenvalue weighted by Gasteiger charge is -2.32. The first-order chi connectivity index (χ1) is 10.5. The number of amides is 1. The van der Waals surface area contributed by atoms with Gasteiger partial charge in [0.15, 0.2) is 12.2 Å². The van der Waals surface area contributed by atoms with E-state index in [2.05, 4.69) is 6.07 Å². The summed E-state index contributed by atoms with van der Waals surface area (Å²) in [7, 11) is 0. The molecule has 1 fully saturated rings. The fourth-order valence-corrected chi connectivity index (χ4v) is 2.85. The Bertz CT molecular complexity index is 596. The summed E-state index contributed by atoms with van der Waals surface area (Å²) in [5.41, 5.74) is 3.33. The van der Waals surface area contributed by atoms with Crippen LogP contribution in [0.3, 0.4) is 0 Å². The van der Waals surface area contributed by atoms with Crippen LogP contribution in [0.4, 0.5) is 0 Å². The first kappa shape index (κ1) is 14.8. The average Bonchev–Trinajstić information content (AvgIpc) is 2.89. The number of fused-ring (bicyclic) bond motifs is 1. The van der Waals surface area contributed by atoms with Crippen molar-refractivity contribution in [3.8, 4) is 5.75 Å². The molecule has 2 aliphatic rings. The van der Waals surface area contributed by atoms with Crippen molar-refractivity contribution in [1.82, 2.24) is 4.90 Å². The number of ether oxygens (including phenoxy) is 2. The highest BCUT2D eigenvalue weighted by Gasteiger charge is 2.36. The van der Waals surface area contributed by atoms with Gasteiger partial charge in [0.05, 0.1) is 13.2 Å². The van der Waals surface area contributed by atoms with Gasteiger partial charge in [-0.3, -0.25) is 4.79 Å². The minimum Gasteiger partial charge on any atom is -0.480 e. The third kappa shape index (κ3) is 2.66. The maximum Gasteiger partial charge on any atom is 0.334 e. The van der Waals surface area contributed by atoms with E-state index in [9.17, 15) is 9.59 Å². The van der Waals surface area contributed by atoms with Gasteiger partial charge in [0.1, 0.15) is 5.75 Å². The molecule has 0 aliphatic carbocycles. The van der Waals surface area contributed by atoms with Gasteiger partial charge in [-0.05, 0) is 36.6 Å². The molecule has 1 N–H and O–H groups in total. The topological polar surface area (TPSA) is 76.1 Å². The van der Waals surface area contributed by atoms with Gasteiger partial charge in [-0.15, -0.1) is 0 Å². The Morgan fingerprint density at radius 2 is 1.95 bits per heavy atom. The summed E-state index contributed by atoms with van der Waals surface area (Å²) in [6, 6.07) is 4.01. The molecule has 1 saturated heterocycles. The second-order valence-electron chi connectivity index (χ2n) is 5.84. The molecule has 118 valence electrons. The number of aryl methyl sites for hydroxylation is 2. The van der Waals surface area contributed by atoms with Gasteiger partial charge in [0.2, 0.25) is 0 Å². The molecule has 0 spiro atoms. The van der Waals surface area contributed by atoms with Crippen LogP contribution < -0.4 is 4.74 Å². The molecular weight excluding hydrogens is 286 g/mol. The maximum atomic E-state index is 12.6. The van der Waals surface area contributed by atoms with Crippen molar-refractivity contribution in [3.63, 3.8) is 0 Å². The van der Waals surface area contributed by atoms with E-state index in [1.54, 1.807) is 0 Å². The molecule has 3 rings (SSSR count). The second-order valence-corrected chi connectivity index (χ2v) is 5.84. The van der Waals surface area contributed by atoms with Crippen LogP contribution in [0.25, 0.3) is 0 Å². The molecule has 1 amide bonds. The molecule has 2 atom stereocenters. The summed E-state index contributed by atoms with van der Waals surface area (Å²) < 4.78 is 10.9. The minimum atomic E-state index is -1.04. The van der Waals surface area contributed by atoms with E-state index in [1.807, 2.05) is 19.9 Å². The molecule has 6 nitrogen and oxygen atoms in total. The molecule has 2 aliphatic heterocycles. The molecule has 0 radical (unpaired) electrons. The molecule has 6 heteroatoms. The standard InChI is InChI=1S/C16H19NO5/c1-9-5-11-7-13(22-12(11)6-10(9)2)15(18)17-3-4-21-14(8-17)16(19)20/h5-6,13-14H,3-4,7-8H2,1-2H3,(H,19,20). The predicted molar refractivity (Wildman–Crippen MR) is 78.0 cm³/mol. The minimum absolute atomic E-state index is 0.0719. The van der Waals surface area contributed by atoms with Crippen molar-refractivity contribution in [2.24, 2.45) is 0 Å². The normalized spacial score (nSPS) is 23.8. The number of hydrogen-bond acceptors (Lipinski definition) is 4. The number of carbonyl (C=O) groups excluding carboxylic acids is 1. The Labute approximate surface area is 128 Å². The van der Waals surface area contributed by atoms with Crippen LogP contribution in [-0.4, -0.2) is 53.8 Å². The Morgan fingerprint density at radius 3 is 2.68 bits per heavy atom. The quantitative estimate of drug-likeness (QED) is 0.879. The van der Waals surface area contributed by atoms with Gasteiger partial charge in [-0.25, -0.2) is 4.79 Å². The van der Waals surface area contributed by atoms with Crippen LogP contribution in [0.2, 0.25) is 0 Å². The second kappa shape index (κ2) is 5.61. The number of carbonyl (C=O) groups is 2. The number of hydrogen-bond donors (Lipinski definition) is 1. The van der Waals surface area contributed by atoms with Crippen LogP contribution in [0.5, 0.6) is 5.75 Å². The summed E-state index contributed by atoms with van der Waals surface area (Å²) >= 11 is 0. The number of aliphatic carboxylic acids is 1. The molecule has 0 aromatic heterocycles.